The predicted octanol–water partition coefficient (Wildman–Crippen LogP) is 2.28. The Bertz CT molecular complexity index is 604. The zero-order valence-electron chi connectivity index (χ0n) is 11.9. The molecule has 1 heterocycles. The second-order valence-electron chi connectivity index (χ2n) is 5.32. The number of rotatable bonds is 4. The van der Waals surface area contributed by atoms with Gasteiger partial charge in [-0.1, -0.05) is 6.07 Å². The lowest BCUT2D eigenvalue weighted by Gasteiger charge is -2.16. The Labute approximate surface area is 119 Å². The maximum atomic E-state index is 5.73. The van der Waals surface area contributed by atoms with E-state index in [9.17, 15) is 0 Å². The van der Waals surface area contributed by atoms with E-state index in [-0.39, 0.29) is 0 Å². The largest absolute Gasteiger partial charge is 0.496 e. The molecular weight excluding hydrogens is 250 g/mol. The Morgan fingerprint density at radius 3 is 2.95 bits per heavy atom. The van der Waals surface area contributed by atoms with Gasteiger partial charge in [-0.3, -0.25) is 0 Å². The summed E-state index contributed by atoms with van der Waals surface area (Å²) in [6.45, 7) is 1.36. The zero-order chi connectivity index (χ0) is 13.9. The third kappa shape index (κ3) is 2.43. The molecule has 2 aromatic rings. The first kappa shape index (κ1) is 13.2. The van der Waals surface area contributed by atoms with E-state index in [0.29, 0.717) is 6.54 Å². The van der Waals surface area contributed by atoms with Gasteiger partial charge in [0.25, 0.3) is 0 Å². The molecule has 3 rings (SSSR count). The first-order valence-corrected chi connectivity index (χ1v) is 7.20. The van der Waals surface area contributed by atoms with Crippen molar-refractivity contribution in [2.75, 3.05) is 7.11 Å². The van der Waals surface area contributed by atoms with E-state index in [1.165, 1.54) is 29.8 Å². The Morgan fingerprint density at radius 1 is 1.30 bits per heavy atom. The van der Waals surface area contributed by atoms with Gasteiger partial charge in [-0.15, -0.1) is 0 Å². The van der Waals surface area contributed by atoms with E-state index in [4.69, 9.17) is 10.5 Å². The van der Waals surface area contributed by atoms with Crippen molar-refractivity contribution in [2.45, 2.75) is 38.8 Å². The van der Waals surface area contributed by atoms with E-state index in [2.05, 4.69) is 15.6 Å². The Balaban J connectivity index is 1.92. The van der Waals surface area contributed by atoms with Crippen LogP contribution in [0.15, 0.2) is 24.5 Å². The molecule has 0 fully saturated rings. The number of fused-ring (bicyclic) bond motifs is 1. The highest BCUT2D eigenvalue weighted by atomic mass is 16.5. The van der Waals surface area contributed by atoms with Gasteiger partial charge in [0.05, 0.1) is 25.7 Å². The standard InChI is InChI=1S/C16H21N3O/c1-20-16-7-6-12(9-17)8-13(16)10-19-11-18-14-4-2-3-5-15(14)19/h6-8,11H,2-5,9-10,17H2,1H3. The molecule has 4 heteroatoms. The number of hydrogen-bond acceptors (Lipinski definition) is 3. The molecule has 4 nitrogen and oxygen atoms in total. The average Bonchev–Trinajstić information content (AvgIpc) is 2.90. The van der Waals surface area contributed by atoms with E-state index in [0.717, 1.165) is 30.7 Å². The maximum Gasteiger partial charge on any atom is 0.123 e. The van der Waals surface area contributed by atoms with Crippen LogP contribution >= 0.6 is 0 Å². The quantitative estimate of drug-likeness (QED) is 0.928. The third-order valence-electron chi connectivity index (χ3n) is 4.03. The fourth-order valence-electron chi connectivity index (χ4n) is 2.93. The van der Waals surface area contributed by atoms with E-state index < -0.39 is 0 Å². The van der Waals surface area contributed by atoms with Crippen LogP contribution in [0.3, 0.4) is 0 Å². The number of aromatic nitrogens is 2. The minimum atomic E-state index is 0.555. The van der Waals surface area contributed by atoms with Gasteiger partial charge in [-0.2, -0.15) is 0 Å². The number of aryl methyl sites for hydroxylation is 1. The van der Waals surface area contributed by atoms with Gasteiger partial charge < -0.3 is 15.0 Å². The SMILES string of the molecule is COc1ccc(CN)cc1Cn1cnc2c1CCCC2. The number of imidazole rings is 1. The van der Waals surface area contributed by atoms with Crippen molar-refractivity contribution >= 4 is 0 Å². The molecule has 20 heavy (non-hydrogen) atoms. The lowest BCUT2D eigenvalue weighted by Crippen LogP contribution is -2.10. The van der Waals surface area contributed by atoms with Crippen molar-refractivity contribution < 1.29 is 4.74 Å². The Hall–Kier alpha value is -1.81. The number of methoxy groups -OCH3 is 1. The number of ether oxygens (including phenoxy) is 1. The van der Waals surface area contributed by atoms with Crippen LogP contribution in [0.25, 0.3) is 0 Å². The molecule has 0 aliphatic heterocycles. The smallest absolute Gasteiger partial charge is 0.123 e. The molecule has 106 valence electrons. The van der Waals surface area contributed by atoms with Crippen LogP contribution in [-0.4, -0.2) is 16.7 Å². The summed E-state index contributed by atoms with van der Waals surface area (Å²) in [7, 11) is 1.71. The average molecular weight is 271 g/mol. The summed E-state index contributed by atoms with van der Waals surface area (Å²) in [4.78, 5) is 4.55. The van der Waals surface area contributed by atoms with Crippen LogP contribution in [-0.2, 0) is 25.9 Å². The second kappa shape index (κ2) is 5.67. The third-order valence-corrected chi connectivity index (χ3v) is 4.03. The summed E-state index contributed by atoms with van der Waals surface area (Å²) in [5, 5.41) is 0. The molecule has 0 saturated carbocycles. The molecule has 2 N–H and O–H groups in total. The zero-order valence-corrected chi connectivity index (χ0v) is 11.9. The first-order valence-electron chi connectivity index (χ1n) is 7.20. The number of nitrogens with zero attached hydrogens (tertiary/aromatic N) is 2. The monoisotopic (exact) mass is 271 g/mol. The van der Waals surface area contributed by atoms with Crippen LogP contribution in [0.1, 0.15) is 35.4 Å². The number of benzene rings is 1. The number of hydrogen-bond donors (Lipinski definition) is 1. The van der Waals surface area contributed by atoms with Crippen molar-refractivity contribution in [1.29, 1.82) is 0 Å². The fraction of sp³-hybridized carbons (Fsp3) is 0.438. The molecule has 1 aliphatic carbocycles. The fourth-order valence-corrected chi connectivity index (χ4v) is 2.93. The lowest BCUT2D eigenvalue weighted by molar-refractivity contribution is 0.408. The van der Waals surface area contributed by atoms with Gasteiger partial charge in [0.15, 0.2) is 0 Å². The summed E-state index contributed by atoms with van der Waals surface area (Å²) in [6.07, 6.45) is 6.73. The van der Waals surface area contributed by atoms with Crippen LogP contribution in [0.4, 0.5) is 0 Å². The minimum Gasteiger partial charge on any atom is -0.496 e. The molecule has 1 aromatic heterocycles. The van der Waals surface area contributed by atoms with Gasteiger partial charge in [0.1, 0.15) is 5.75 Å². The molecule has 1 aliphatic rings. The predicted molar refractivity (Wildman–Crippen MR) is 78.9 cm³/mol. The molecule has 0 atom stereocenters. The first-order chi connectivity index (χ1) is 9.81. The molecule has 0 saturated heterocycles. The van der Waals surface area contributed by atoms with Crippen molar-refractivity contribution in [3.05, 3.63) is 47.0 Å². The second-order valence-corrected chi connectivity index (χ2v) is 5.32. The minimum absolute atomic E-state index is 0.555. The van der Waals surface area contributed by atoms with Crippen molar-refractivity contribution in [3.8, 4) is 5.75 Å². The van der Waals surface area contributed by atoms with Crippen molar-refractivity contribution in [2.24, 2.45) is 5.73 Å². The van der Waals surface area contributed by atoms with Crippen molar-refractivity contribution in [3.63, 3.8) is 0 Å². The lowest BCUT2D eigenvalue weighted by atomic mass is 10.0. The van der Waals surface area contributed by atoms with Gasteiger partial charge in [-0.25, -0.2) is 4.98 Å². The Morgan fingerprint density at radius 2 is 2.15 bits per heavy atom. The highest BCUT2D eigenvalue weighted by molar-refractivity contribution is 5.38. The van der Waals surface area contributed by atoms with Gasteiger partial charge in [0, 0.05) is 17.8 Å². The number of nitrogens with two attached hydrogens (primary N) is 1. The topological polar surface area (TPSA) is 53.1 Å². The van der Waals surface area contributed by atoms with Crippen LogP contribution in [0.5, 0.6) is 5.75 Å². The summed E-state index contributed by atoms with van der Waals surface area (Å²) < 4.78 is 7.72. The Kier molecular flexibility index (Phi) is 3.74. The van der Waals surface area contributed by atoms with Crippen LogP contribution in [0.2, 0.25) is 0 Å². The molecule has 1 aromatic carbocycles. The summed E-state index contributed by atoms with van der Waals surface area (Å²) in [5.41, 5.74) is 10.7. The summed E-state index contributed by atoms with van der Waals surface area (Å²) >= 11 is 0. The van der Waals surface area contributed by atoms with Gasteiger partial charge in [-0.05, 0) is 43.4 Å². The molecular formula is C16H21N3O. The molecule has 0 radical (unpaired) electrons. The molecule has 0 amide bonds. The molecule has 0 spiro atoms. The van der Waals surface area contributed by atoms with Crippen LogP contribution < -0.4 is 10.5 Å². The summed E-state index contributed by atoms with van der Waals surface area (Å²) in [5.74, 6) is 0.917. The van der Waals surface area contributed by atoms with Crippen molar-refractivity contribution in [1.82, 2.24) is 9.55 Å². The molecule has 0 bridgehead atoms. The maximum absolute atomic E-state index is 5.73. The highest BCUT2D eigenvalue weighted by Gasteiger charge is 2.16. The van der Waals surface area contributed by atoms with E-state index >= 15 is 0 Å². The highest BCUT2D eigenvalue weighted by Crippen LogP contribution is 2.24. The summed E-state index contributed by atoms with van der Waals surface area (Å²) in [6, 6.07) is 6.15. The molecule has 0 unspecified atom stereocenters. The van der Waals surface area contributed by atoms with E-state index in [1.54, 1.807) is 7.11 Å². The normalized spacial score (nSPS) is 14.1. The van der Waals surface area contributed by atoms with E-state index in [1.807, 2.05) is 18.5 Å². The van der Waals surface area contributed by atoms with Gasteiger partial charge >= 0.3 is 0 Å². The van der Waals surface area contributed by atoms with Crippen LogP contribution in [0, 0.1) is 0 Å². The van der Waals surface area contributed by atoms with Gasteiger partial charge in [0.2, 0.25) is 0 Å².